The lowest BCUT2D eigenvalue weighted by atomic mass is 10.1. The fourth-order valence-corrected chi connectivity index (χ4v) is 1.26. The number of hydrogen-bond donors (Lipinski definition) is 1. The van der Waals surface area contributed by atoms with Crippen LogP contribution in [0.1, 0.15) is 11.1 Å². The first kappa shape index (κ1) is 9.36. The van der Waals surface area contributed by atoms with E-state index in [-0.39, 0.29) is 0 Å². The van der Waals surface area contributed by atoms with Crippen molar-refractivity contribution in [3.8, 4) is 5.75 Å². The van der Waals surface area contributed by atoms with Crippen LogP contribution in [-0.4, -0.2) is 7.11 Å². The molecule has 1 aromatic carbocycles. The van der Waals surface area contributed by atoms with Crippen molar-refractivity contribution in [2.45, 2.75) is 13.5 Å². The van der Waals surface area contributed by atoms with Gasteiger partial charge < -0.3 is 10.5 Å². The van der Waals surface area contributed by atoms with Gasteiger partial charge in [-0.05, 0) is 30.2 Å². The van der Waals surface area contributed by atoms with Crippen molar-refractivity contribution in [3.05, 3.63) is 28.3 Å². The molecule has 12 heavy (non-hydrogen) atoms. The van der Waals surface area contributed by atoms with Gasteiger partial charge in [0.1, 0.15) is 5.75 Å². The number of aryl methyl sites for hydroxylation is 1. The highest BCUT2D eigenvalue weighted by Crippen LogP contribution is 2.25. The van der Waals surface area contributed by atoms with Crippen LogP contribution in [-0.2, 0) is 6.54 Å². The summed E-state index contributed by atoms with van der Waals surface area (Å²) in [4.78, 5) is 0. The van der Waals surface area contributed by atoms with Gasteiger partial charge in [0, 0.05) is 11.6 Å². The number of methoxy groups -OCH3 is 1. The second kappa shape index (κ2) is 3.78. The number of rotatable bonds is 2. The Morgan fingerprint density at radius 2 is 2.17 bits per heavy atom. The highest BCUT2D eigenvalue weighted by Gasteiger charge is 2.04. The van der Waals surface area contributed by atoms with Crippen molar-refractivity contribution in [1.82, 2.24) is 0 Å². The Bertz CT molecular complexity index is 286. The highest BCUT2D eigenvalue weighted by atomic mass is 35.5. The van der Waals surface area contributed by atoms with Gasteiger partial charge >= 0.3 is 0 Å². The fraction of sp³-hybridized carbons (Fsp3) is 0.333. The van der Waals surface area contributed by atoms with Gasteiger partial charge in [-0.3, -0.25) is 0 Å². The third-order valence-corrected chi connectivity index (χ3v) is 2.30. The molecule has 2 N–H and O–H groups in total. The summed E-state index contributed by atoms with van der Waals surface area (Å²) in [5.74, 6) is 0.803. The summed E-state index contributed by atoms with van der Waals surface area (Å²) in [5, 5.41) is 0.735. The van der Waals surface area contributed by atoms with Crippen LogP contribution in [0, 0.1) is 6.92 Å². The van der Waals surface area contributed by atoms with Gasteiger partial charge in [-0.25, -0.2) is 0 Å². The predicted octanol–water partition coefficient (Wildman–Crippen LogP) is 2.12. The first-order valence-corrected chi connectivity index (χ1v) is 4.10. The molecule has 0 spiro atoms. The normalized spacial score (nSPS) is 10.0. The second-order valence-corrected chi connectivity index (χ2v) is 3.00. The number of ether oxygens (including phenoxy) is 1. The van der Waals surface area contributed by atoms with E-state index in [1.54, 1.807) is 7.11 Å². The maximum atomic E-state index is 5.99. The number of benzene rings is 1. The minimum Gasteiger partial charge on any atom is -0.497 e. The molecule has 0 saturated carbocycles. The molecule has 0 atom stereocenters. The second-order valence-electron chi connectivity index (χ2n) is 2.62. The van der Waals surface area contributed by atoms with Gasteiger partial charge in [-0.2, -0.15) is 0 Å². The Hall–Kier alpha value is -0.730. The molecule has 3 heteroatoms. The number of hydrogen-bond acceptors (Lipinski definition) is 2. The van der Waals surface area contributed by atoms with Crippen molar-refractivity contribution < 1.29 is 4.74 Å². The average molecular weight is 186 g/mol. The topological polar surface area (TPSA) is 35.2 Å². The smallest absolute Gasteiger partial charge is 0.119 e. The van der Waals surface area contributed by atoms with E-state index in [1.165, 1.54) is 0 Å². The van der Waals surface area contributed by atoms with E-state index in [0.717, 1.165) is 21.9 Å². The van der Waals surface area contributed by atoms with E-state index in [9.17, 15) is 0 Å². The minimum absolute atomic E-state index is 0.441. The third kappa shape index (κ3) is 1.71. The van der Waals surface area contributed by atoms with Crippen LogP contribution >= 0.6 is 11.6 Å². The van der Waals surface area contributed by atoms with Crippen molar-refractivity contribution in [1.29, 1.82) is 0 Å². The van der Waals surface area contributed by atoms with Crippen LogP contribution in [0.2, 0.25) is 5.02 Å². The molecule has 0 bridgehead atoms. The van der Waals surface area contributed by atoms with E-state index in [0.29, 0.717) is 6.54 Å². The molecule has 0 radical (unpaired) electrons. The molecular formula is C9H12ClNO. The van der Waals surface area contributed by atoms with Crippen molar-refractivity contribution in [3.63, 3.8) is 0 Å². The van der Waals surface area contributed by atoms with E-state index >= 15 is 0 Å². The Morgan fingerprint density at radius 3 is 2.67 bits per heavy atom. The minimum atomic E-state index is 0.441. The summed E-state index contributed by atoms with van der Waals surface area (Å²) in [6.07, 6.45) is 0. The molecule has 0 amide bonds. The van der Waals surface area contributed by atoms with Crippen LogP contribution in [0.15, 0.2) is 12.1 Å². The molecule has 1 rings (SSSR count). The Labute approximate surface area is 77.3 Å². The molecule has 0 aliphatic heterocycles. The van der Waals surface area contributed by atoms with Gasteiger partial charge in [-0.15, -0.1) is 0 Å². The summed E-state index contributed by atoms with van der Waals surface area (Å²) < 4.78 is 5.08. The van der Waals surface area contributed by atoms with Crippen molar-refractivity contribution >= 4 is 11.6 Å². The molecular weight excluding hydrogens is 174 g/mol. The zero-order valence-electron chi connectivity index (χ0n) is 7.23. The molecule has 0 heterocycles. The Balaban J connectivity index is 3.19. The van der Waals surface area contributed by atoms with E-state index in [2.05, 4.69) is 0 Å². The van der Waals surface area contributed by atoms with Crippen molar-refractivity contribution in [2.75, 3.05) is 7.11 Å². The largest absolute Gasteiger partial charge is 0.497 e. The lowest BCUT2D eigenvalue weighted by Crippen LogP contribution is -1.99. The molecule has 0 aliphatic carbocycles. The standard InChI is InChI=1S/C9H12ClNO/c1-6-3-8(12-2)4-7(5-11)9(6)10/h3-4H,5,11H2,1-2H3. The molecule has 2 nitrogen and oxygen atoms in total. The monoisotopic (exact) mass is 185 g/mol. The first-order chi connectivity index (χ1) is 5.69. The molecule has 1 aromatic rings. The SMILES string of the molecule is COc1cc(C)c(Cl)c(CN)c1. The van der Waals surface area contributed by atoms with Crippen LogP contribution in [0.4, 0.5) is 0 Å². The maximum absolute atomic E-state index is 5.99. The highest BCUT2D eigenvalue weighted by molar-refractivity contribution is 6.32. The predicted molar refractivity (Wildman–Crippen MR) is 50.6 cm³/mol. The van der Waals surface area contributed by atoms with Gasteiger partial charge in [0.15, 0.2) is 0 Å². The van der Waals surface area contributed by atoms with E-state index < -0.39 is 0 Å². The average Bonchev–Trinajstić information content (AvgIpc) is 2.09. The summed E-state index contributed by atoms with van der Waals surface area (Å²) >= 11 is 5.99. The summed E-state index contributed by atoms with van der Waals surface area (Å²) in [6, 6.07) is 3.75. The molecule has 0 aromatic heterocycles. The first-order valence-electron chi connectivity index (χ1n) is 3.72. The van der Waals surface area contributed by atoms with Crippen LogP contribution in [0.5, 0.6) is 5.75 Å². The quantitative estimate of drug-likeness (QED) is 0.766. The van der Waals surface area contributed by atoms with Crippen LogP contribution in [0.25, 0.3) is 0 Å². The van der Waals surface area contributed by atoms with Crippen molar-refractivity contribution in [2.24, 2.45) is 5.73 Å². The zero-order valence-corrected chi connectivity index (χ0v) is 7.98. The zero-order chi connectivity index (χ0) is 9.14. The van der Waals surface area contributed by atoms with Gasteiger partial charge in [0.25, 0.3) is 0 Å². The molecule has 0 aliphatic rings. The summed E-state index contributed by atoms with van der Waals surface area (Å²) in [5.41, 5.74) is 7.42. The van der Waals surface area contributed by atoms with Gasteiger partial charge in [0.05, 0.1) is 7.11 Å². The van der Waals surface area contributed by atoms with Crippen LogP contribution < -0.4 is 10.5 Å². The van der Waals surface area contributed by atoms with Gasteiger partial charge in [0.2, 0.25) is 0 Å². The lowest BCUT2D eigenvalue weighted by molar-refractivity contribution is 0.414. The van der Waals surface area contributed by atoms with E-state index in [4.69, 9.17) is 22.1 Å². The van der Waals surface area contributed by atoms with E-state index in [1.807, 2.05) is 19.1 Å². The molecule has 0 fully saturated rings. The third-order valence-electron chi connectivity index (χ3n) is 1.76. The fourth-order valence-electron chi connectivity index (χ4n) is 1.07. The Kier molecular flexibility index (Phi) is 2.95. The molecule has 0 saturated heterocycles. The maximum Gasteiger partial charge on any atom is 0.119 e. The summed E-state index contributed by atoms with van der Waals surface area (Å²) in [6.45, 7) is 2.38. The lowest BCUT2D eigenvalue weighted by Gasteiger charge is -2.07. The Morgan fingerprint density at radius 1 is 1.50 bits per heavy atom. The van der Waals surface area contributed by atoms with Gasteiger partial charge in [-0.1, -0.05) is 11.6 Å². The van der Waals surface area contributed by atoms with Crippen LogP contribution in [0.3, 0.4) is 0 Å². The summed E-state index contributed by atoms with van der Waals surface area (Å²) in [7, 11) is 1.63. The number of halogens is 1. The molecule has 66 valence electrons. The number of nitrogens with two attached hydrogens (primary N) is 1. The molecule has 0 unspecified atom stereocenters.